The number of pyridine rings is 1. The highest BCUT2D eigenvalue weighted by atomic mass is 16.3. The lowest BCUT2D eigenvalue weighted by Crippen LogP contribution is -2.38. The van der Waals surface area contributed by atoms with Crippen molar-refractivity contribution >= 4 is 5.57 Å². The van der Waals surface area contributed by atoms with Crippen molar-refractivity contribution in [2.24, 2.45) is 5.41 Å². The second-order valence-electron chi connectivity index (χ2n) is 11.4. The number of hydrogen-bond acceptors (Lipinski definition) is 3. The lowest BCUT2D eigenvalue weighted by molar-refractivity contribution is 0.0240. The fourth-order valence-corrected chi connectivity index (χ4v) is 6.36. The van der Waals surface area contributed by atoms with Crippen LogP contribution >= 0.6 is 0 Å². The zero-order valence-corrected chi connectivity index (χ0v) is 20.7. The van der Waals surface area contributed by atoms with Crippen LogP contribution in [0.4, 0.5) is 0 Å². The van der Waals surface area contributed by atoms with Crippen LogP contribution in [0, 0.1) is 5.41 Å². The normalized spacial score (nSPS) is 22.4. The summed E-state index contributed by atoms with van der Waals surface area (Å²) in [6, 6.07) is 8.40. The molecule has 176 valence electrons. The minimum atomic E-state index is -0.746. The predicted molar refractivity (Wildman–Crippen MR) is 134 cm³/mol. The number of nitrogens with zero attached hydrogens (tertiary/aromatic N) is 1. The molecule has 5 rings (SSSR count). The van der Waals surface area contributed by atoms with Crippen LogP contribution in [0.5, 0.6) is 0 Å². The van der Waals surface area contributed by atoms with E-state index in [9.17, 15) is 10.2 Å². The van der Waals surface area contributed by atoms with E-state index < -0.39 is 12.2 Å². The van der Waals surface area contributed by atoms with Gasteiger partial charge in [-0.2, -0.15) is 0 Å². The van der Waals surface area contributed by atoms with E-state index in [0.717, 1.165) is 65.7 Å². The van der Waals surface area contributed by atoms with Gasteiger partial charge in [0.15, 0.2) is 0 Å². The maximum Gasteiger partial charge on any atom is 0.106 e. The van der Waals surface area contributed by atoms with Crippen LogP contribution in [-0.4, -0.2) is 15.2 Å². The van der Waals surface area contributed by atoms with E-state index in [1.54, 1.807) is 0 Å². The average molecular weight is 446 g/mol. The molecule has 0 amide bonds. The molecule has 33 heavy (non-hydrogen) atoms. The monoisotopic (exact) mass is 445 g/mol. The van der Waals surface area contributed by atoms with Gasteiger partial charge in [-0.05, 0) is 84.5 Å². The molecule has 1 fully saturated rings. The van der Waals surface area contributed by atoms with Crippen LogP contribution in [0.15, 0.2) is 30.3 Å². The fraction of sp³-hybridized carbons (Fsp3) is 0.567. The van der Waals surface area contributed by atoms with E-state index in [0.29, 0.717) is 5.92 Å². The van der Waals surface area contributed by atoms with E-state index >= 15 is 0 Å². The Morgan fingerprint density at radius 1 is 0.970 bits per heavy atom. The second-order valence-corrected chi connectivity index (χ2v) is 11.4. The van der Waals surface area contributed by atoms with Crippen LogP contribution in [-0.2, 0) is 6.42 Å². The Labute approximate surface area is 199 Å². The van der Waals surface area contributed by atoms with Crippen molar-refractivity contribution in [2.75, 3.05) is 0 Å². The highest BCUT2D eigenvalue weighted by Crippen LogP contribution is 2.55. The Morgan fingerprint density at radius 3 is 2.21 bits per heavy atom. The summed E-state index contributed by atoms with van der Waals surface area (Å²) in [6.07, 6.45) is 9.79. The summed E-state index contributed by atoms with van der Waals surface area (Å²) in [6.45, 7) is 8.74. The third-order valence-corrected chi connectivity index (χ3v) is 8.40. The molecule has 1 heterocycles. The third-order valence-electron chi connectivity index (χ3n) is 8.40. The SMILES string of the molecule is CC(C)c1ccc(C(O)c2c(C(C)C)nc3c(c2C2=CCCC2)C(O)CC2(CCC2)C3)cc1. The topological polar surface area (TPSA) is 53.4 Å². The van der Waals surface area contributed by atoms with Crippen molar-refractivity contribution in [1.29, 1.82) is 0 Å². The van der Waals surface area contributed by atoms with E-state index in [1.807, 2.05) is 0 Å². The van der Waals surface area contributed by atoms with Crippen LogP contribution in [0.1, 0.15) is 136 Å². The van der Waals surface area contributed by atoms with Gasteiger partial charge in [-0.3, -0.25) is 4.98 Å². The summed E-state index contributed by atoms with van der Waals surface area (Å²) in [7, 11) is 0. The Morgan fingerprint density at radius 2 is 1.67 bits per heavy atom. The van der Waals surface area contributed by atoms with Gasteiger partial charge in [-0.1, -0.05) is 64.5 Å². The number of aliphatic hydroxyl groups excluding tert-OH is 2. The maximum atomic E-state index is 11.8. The molecule has 3 nitrogen and oxygen atoms in total. The van der Waals surface area contributed by atoms with Gasteiger partial charge in [0.05, 0.1) is 6.10 Å². The van der Waals surface area contributed by atoms with Crippen LogP contribution in [0.2, 0.25) is 0 Å². The molecule has 3 heteroatoms. The first kappa shape index (κ1) is 22.8. The molecule has 0 radical (unpaired) electrons. The summed E-state index contributed by atoms with van der Waals surface area (Å²) < 4.78 is 0. The van der Waals surface area contributed by atoms with Crippen molar-refractivity contribution in [1.82, 2.24) is 4.98 Å². The van der Waals surface area contributed by atoms with Gasteiger partial charge >= 0.3 is 0 Å². The average Bonchev–Trinajstić information content (AvgIpc) is 3.30. The zero-order chi connectivity index (χ0) is 23.3. The molecule has 0 saturated heterocycles. The van der Waals surface area contributed by atoms with Crippen molar-refractivity contribution in [3.63, 3.8) is 0 Å². The fourth-order valence-electron chi connectivity index (χ4n) is 6.36. The van der Waals surface area contributed by atoms with Crippen LogP contribution in [0.25, 0.3) is 5.57 Å². The van der Waals surface area contributed by atoms with Gasteiger partial charge in [-0.15, -0.1) is 0 Å². The van der Waals surface area contributed by atoms with E-state index in [4.69, 9.17) is 4.98 Å². The standard InChI is InChI=1S/C30H39NO2/c1-18(2)20-10-12-22(13-11-20)29(33)27-25(21-8-5-6-9-21)26-23(31-28(27)19(3)4)16-30(14-7-15-30)17-24(26)32/h8,10-13,18-19,24,29,32-33H,5-7,9,14-17H2,1-4H3. The quantitative estimate of drug-likeness (QED) is 0.515. The minimum Gasteiger partial charge on any atom is -0.388 e. The van der Waals surface area contributed by atoms with Gasteiger partial charge in [-0.25, -0.2) is 0 Å². The van der Waals surface area contributed by atoms with Crippen LogP contribution < -0.4 is 0 Å². The van der Waals surface area contributed by atoms with Crippen molar-refractivity contribution in [3.05, 3.63) is 69.5 Å². The van der Waals surface area contributed by atoms with Gasteiger partial charge in [0.1, 0.15) is 6.10 Å². The van der Waals surface area contributed by atoms with Crippen LogP contribution in [0.3, 0.4) is 0 Å². The number of benzene rings is 1. The van der Waals surface area contributed by atoms with E-state index in [2.05, 4.69) is 58.0 Å². The minimum absolute atomic E-state index is 0.201. The van der Waals surface area contributed by atoms with Crippen molar-refractivity contribution < 1.29 is 10.2 Å². The number of allylic oxidation sites excluding steroid dienone is 2. The number of aromatic nitrogens is 1. The molecule has 0 aliphatic heterocycles. The molecular formula is C30H39NO2. The molecule has 2 unspecified atom stereocenters. The lowest BCUT2D eigenvalue weighted by atomic mass is 9.59. The van der Waals surface area contributed by atoms with Gasteiger partial charge < -0.3 is 10.2 Å². The molecule has 1 saturated carbocycles. The molecule has 2 N–H and O–H groups in total. The number of aliphatic hydroxyl groups is 2. The van der Waals surface area contributed by atoms with Crippen molar-refractivity contribution in [3.8, 4) is 0 Å². The Bertz CT molecular complexity index is 1060. The Hall–Kier alpha value is -1.97. The molecular weight excluding hydrogens is 406 g/mol. The first-order valence-corrected chi connectivity index (χ1v) is 13.0. The number of rotatable bonds is 5. The van der Waals surface area contributed by atoms with Crippen molar-refractivity contribution in [2.45, 2.75) is 103 Å². The summed E-state index contributed by atoms with van der Waals surface area (Å²) in [5.41, 5.74) is 8.86. The summed E-state index contributed by atoms with van der Waals surface area (Å²) in [5.74, 6) is 0.660. The molecule has 1 aromatic heterocycles. The molecule has 2 atom stereocenters. The molecule has 2 aromatic rings. The first-order chi connectivity index (χ1) is 15.8. The highest BCUT2D eigenvalue weighted by Gasteiger charge is 2.45. The smallest absolute Gasteiger partial charge is 0.106 e. The molecule has 1 spiro atoms. The third kappa shape index (κ3) is 3.98. The molecule has 3 aliphatic carbocycles. The predicted octanol–water partition coefficient (Wildman–Crippen LogP) is 7.13. The lowest BCUT2D eigenvalue weighted by Gasteiger charge is -2.47. The second kappa shape index (κ2) is 8.67. The van der Waals surface area contributed by atoms with Gasteiger partial charge in [0.2, 0.25) is 0 Å². The number of fused-ring (bicyclic) bond motifs is 1. The Balaban J connectivity index is 1.70. The molecule has 1 aromatic carbocycles. The summed E-state index contributed by atoms with van der Waals surface area (Å²) in [4.78, 5) is 5.22. The van der Waals surface area contributed by atoms with E-state index in [1.165, 1.54) is 30.4 Å². The first-order valence-electron chi connectivity index (χ1n) is 13.0. The summed E-state index contributed by atoms with van der Waals surface area (Å²) >= 11 is 0. The van der Waals surface area contributed by atoms with Gasteiger partial charge in [0.25, 0.3) is 0 Å². The van der Waals surface area contributed by atoms with E-state index in [-0.39, 0.29) is 11.3 Å². The largest absolute Gasteiger partial charge is 0.388 e. The summed E-state index contributed by atoms with van der Waals surface area (Å²) in [5, 5.41) is 23.2. The zero-order valence-electron chi connectivity index (χ0n) is 20.7. The Kier molecular flexibility index (Phi) is 5.99. The number of hydrogen-bond donors (Lipinski definition) is 2. The van der Waals surface area contributed by atoms with Gasteiger partial charge in [0, 0.05) is 22.5 Å². The maximum absolute atomic E-state index is 11.8. The highest BCUT2D eigenvalue weighted by molar-refractivity contribution is 5.75. The molecule has 0 bridgehead atoms. The molecule has 3 aliphatic rings.